The van der Waals surface area contributed by atoms with Crippen LogP contribution in [0.25, 0.3) is 0 Å². The summed E-state index contributed by atoms with van der Waals surface area (Å²) in [6.07, 6.45) is 6.20. The van der Waals surface area contributed by atoms with Crippen LogP contribution in [0.1, 0.15) is 48.9 Å². The number of carbonyl (C=O) groups is 1. The number of benzene rings is 2. The number of para-hydroxylation sites is 2. The molecule has 8 heteroatoms. The maximum atomic E-state index is 14.3. The third-order valence-electron chi connectivity index (χ3n) is 5.02. The molecule has 0 bridgehead atoms. The minimum Gasteiger partial charge on any atom is -0.495 e. The molecule has 1 fully saturated rings. The summed E-state index contributed by atoms with van der Waals surface area (Å²) < 4.78 is 47.3. The Balaban J connectivity index is 1.83. The van der Waals surface area contributed by atoms with Gasteiger partial charge in [0.25, 0.3) is 15.9 Å². The number of hydrogen-bond donors (Lipinski definition) is 2. The third-order valence-corrected chi connectivity index (χ3v) is 6.41. The Hall–Kier alpha value is -2.61. The number of anilines is 1. The lowest BCUT2D eigenvalue weighted by Gasteiger charge is -2.17. The highest BCUT2D eigenvalue weighted by Gasteiger charge is 2.23. The van der Waals surface area contributed by atoms with Crippen LogP contribution >= 0.6 is 0 Å². The zero-order chi connectivity index (χ0) is 20.9. The molecular formula is C21H25FN2O4S. The van der Waals surface area contributed by atoms with E-state index in [2.05, 4.69) is 10.0 Å². The zero-order valence-corrected chi connectivity index (χ0v) is 17.1. The van der Waals surface area contributed by atoms with Crippen LogP contribution in [0.2, 0.25) is 0 Å². The van der Waals surface area contributed by atoms with E-state index >= 15 is 0 Å². The highest BCUT2D eigenvalue weighted by atomic mass is 32.2. The average Bonchev–Trinajstić information content (AvgIpc) is 2.97. The van der Waals surface area contributed by atoms with E-state index in [0.717, 1.165) is 50.7 Å². The van der Waals surface area contributed by atoms with E-state index in [1.54, 1.807) is 18.2 Å². The summed E-state index contributed by atoms with van der Waals surface area (Å²) in [5.74, 6) is -1.03. The molecule has 3 rings (SSSR count). The fourth-order valence-electron chi connectivity index (χ4n) is 3.47. The Morgan fingerprint density at radius 3 is 2.45 bits per heavy atom. The number of hydrogen-bond acceptors (Lipinski definition) is 4. The number of methoxy groups -OCH3 is 1. The van der Waals surface area contributed by atoms with Crippen molar-refractivity contribution in [3.05, 3.63) is 53.8 Å². The van der Waals surface area contributed by atoms with Crippen LogP contribution in [0.3, 0.4) is 0 Å². The van der Waals surface area contributed by atoms with Crippen molar-refractivity contribution in [2.24, 2.45) is 0 Å². The molecule has 0 atom stereocenters. The molecule has 1 saturated carbocycles. The van der Waals surface area contributed by atoms with E-state index in [4.69, 9.17) is 4.74 Å². The van der Waals surface area contributed by atoms with Crippen molar-refractivity contribution >= 4 is 21.6 Å². The Labute approximate surface area is 170 Å². The lowest BCUT2D eigenvalue weighted by atomic mass is 10.1. The van der Waals surface area contributed by atoms with Gasteiger partial charge in [-0.25, -0.2) is 12.8 Å². The van der Waals surface area contributed by atoms with E-state index in [1.807, 2.05) is 0 Å². The zero-order valence-electron chi connectivity index (χ0n) is 16.3. The van der Waals surface area contributed by atoms with Crippen LogP contribution < -0.4 is 14.8 Å². The minimum absolute atomic E-state index is 0.0572. The molecule has 0 spiro atoms. The summed E-state index contributed by atoms with van der Waals surface area (Å²) in [4.78, 5) is 12.0. The molecule has 2 aromatic carbocycles. The second-order valence-corrected chi connectivity index (χ2v) is 8.76. The van der Waals surface area contributed by atoms with Gasteiger partial charge in [0.15, 0.2) is 0 Å². The van der Waals surface area contributed by atoms with E-state index in [-0.39, 0.29) is 17.3 Å². The van der Waals surface area contributed by atoms with E-state index in [1.165, 1.54) is 19.2 Å². The lowest BCUT2D eigenvalue weighted by Crippen LogP contribution is -2.34. The van der Waals surface area contributed by atoms with Gasteiger partial charge in [0.05, 0.1) is 12.8 Å². The van der Waals surface area contributed by atoms with Crippen LogP contribution in [0.4, 0.5) is 10.1 Å². The lowest BCUT2D eigenvalue weighted by molar-refractivity contribution is 0.0933. The predicted molar refractivity (Wildman–Crippen MR) is 109 cm³/mol. The molecule has 156 valence electrons. The molecule has 0 radical (unpaired) electrons. The topological polar surface area (TPSA) is 84.5 Å². The molecule has 1 aliphatic rings. The molecule has 1 amide bonds. The van der Waals surface area contributed by atoms with Crippen molar-refractivity contribution in [1.82, 2.24) is 5.32 Å². The molecule has 6 nitrogen and oxygen atoms in total. The monoisotopic (exact) mass is 420 g/mol. The van der Waals surface area contributed by atoms with Crippen LogP contribution in [0, 0.1) is 5.82 Å². The fourth-order valence-corrected chi connectivity index (χ4v) is 4.65. The van der Waals surface area contributed by atoms with Crippen molar-refractivity contribution in [1.29, 1.82) is 0 Å². The largest absolute Gasteiger partial charge is 0.495 e. The summed E-state index contributed by atoms with van der Waals surface area (Å²) in [5, 5.41) is 2.94. The van der Waals surface area contributed by atoms with Gasteiger partial charge >= 0.3 is 0 Å². The van der Waals surface area contributed by atoms with Crippen LogP contribution in [-0.4, -0.2) is 27.5 Å². The van der Waals surface area contributed by atoms with Gasteiger partial charge < -0.3 is 10.1 Å². The Bertz CT molecular complexity index is 970. The molecule has 1 aliphatic carbocycles. The summed E-state index contributed by atoms with van der Waals surface area (Å²) in [6, 6.07) is 9.84. The number of ether oxygens (including phenoxy) is 1. The number of carbonyl (C=O) groups excluding carboxylic acids is 1. The molecule has 0 heterocycles. The van der Waals surface area contributed by atoms with Crippen LogP contribution in [0.5, 0.6) is 5.75 Å². The Kier molecular flexibility index (Phi) is 6.74. The second-order valence-electron chi connectivity index (χ2n) is 7.11. The number of nitrogens with one attached hydrogen (secondary N) is 2. The van der Waals surface area contributed by atoms with Gasteiger partial charge in [-0.1, -0.05) is 37.8 Å². The summed E-state index contributed by atoms with van der Waals surface area (Å²) >= 11 is 0. The van der Waals surface area contributed by atoms with Gasteiger partial charge in [-0.2, -0.15) is 0 Å². The summed E-state index contributed by atoms with van der Waals surface area (Å²) in [6.45, 7) is 0. The summed E-state index contributed by atoms with van der Waals surface area (Å²) in [5.41, 5.74) is 0.291. The fraction of sp³-hybridized carbons (Fsp3) is 0.381. The molecule has 0 aliphatic heterocycles. The molecule has 2 aromatic rings. The van der Waals surface area contributed by atoms with Crippen molar-refractivity contribution in [2.75, 3.05) is 11.8 Å². The van der Waals surface area contributed by atoms with Crippen LogP contribution in [0.15, 0.2) is 47.4 Å². The second kappa shape index (κ2) is 9.26. The first-order valence-electron chi connectivity index (χ1n) is 9.67. The number of halogens is 1. The molecule has 0 unspecified atom stereocenters. The van der Waals surface area contributed by atoms with E-state index in [9.17, 15) is 17.6 Å². The smallest absolute Gasteiger partial charge is 0.264 e. The molecule has 0 aromatic heterocycles. The van der Waals surface area contributed by atoms with Crippen LogP contribution in [-0.2, 0) is 10.0 Å². The first-order valence-corrected chi connectivity index (χ1v) is 11.2. The van der Waals surface area contributed by atoms with Crippen molar-refractivity contribution < 1.29 is 22.3 Å². The molecule has 29 heavy (non-hydrogen) atoms. The van der Waals surface area contributed by atoms with Gasteiger partial charge in [0.1, 0.15) is 16.5 Å². The first-order chi connectivity index (χ1) is 13.9. The number of rotatable bonds is 6. The third kappa shape index (κ3) is 5.26. The predicted octanol–water partition coefficient (Wildman–Crippen LogP) is 4.09. The van der Waals surface area contributed by atoms with E-state index < -0.39 is 26.6 Å². The van der Waals surface area contributed by atoms with Gasteiger partial charge in [-0.3, -0.25) is 9.52 Å². The molecule has 0 saturated heterocycles. The van der Waals surface area contributed by atoms with Crippen molar-refractivity contribution in [3.63, 3.8) is 0 Å². The van der Waals surface area contributed by atoms with Crippen molar-refractivity contribution in [3.8, 4) is 5.75 Å². The first kappa shape index (κ1) is 21.1. The minimum atomic E-state index is -4.26. The van der Waals surface area contributed by atoms with Gasteiger partial charge in [-0.15, -0.1) is 0 Å². The highest BCUT2D eigenvalue weighted by molar-refractivity contribution is 7.92. The number of amides is 1. The quantitative estimate of drug-likeness (QED) is 0.690. The highest BCUT2D eigenvalue weighted by Crippen LogP contribution is 2.27. The standard InChI is InChI=1S/C21H25FN2O4S/c1-28-19-11-7-6-10-18(19)24-29(26,27)20-14-15(12-13-17(20)22)21(25)23-16-8-4-2-3-5-9-16/h6-7,10-14,16,24H,2-5,8-9H2,1H3,(H,23,25). The number of sulfonamides is 1. The maximum Gasteiger partial charge on any atom is 0.264 e. The average molecular weight is 421 g/mol. The maximum absolute atomic E-state index is 14.3. The van der Waals surface area contributed by atoms with Gasteiger partial charge in [0, 0.05) is 11.6 Å². The SMILES string of the molecule is COc1ccccc1NS(=O)(=O)c1cc(C(=O)NC2CCCCCC2)ccc1F. The van der Waals surface area contributed by atoms with E-state index in [0.29, 0.717) is 5.75 Å². The summed E-state index contributed by atoms with van der Waals surface area (Å²) in [7, 11) is -2.85. The Morgan fingerprint density at radius 1 is 1.07 bits per heavy atom. The molecular weight excluding hydrogens is 395 g/mol. The van der Waals surface area contributed by atoms with Gasteiger partial charge in [0.2, 0.25) is 0 Å². The normalized spacial score (nSPS) is 15.4. The molecule has 2 N–H and O–H groups in total. The van der Waals surface area contributed by atoms with Crippen molar-refractivity contribution in [2.45, 2.75) is 49.5 Å². The van der Waals surface area contributed by atoms with Gasteiger partial charge in [-0.05, 0) is 43.2 Å². The Morgan fingerprint density at radius 2 is 1.76 bits per heavy atom.